The molecule has 1 N–H and O–H groups in total. The van der Waals surface area contributed by atoms with Gasteiger partial charge in [0.25, 0.3) is 10.0 Å². The second kappa shape index (κ2) is 7.53. The van der Waals surface area contributed by atoms with Gasteiger partial charge in [0.05, 0.1) is 12.8 Å². The fraction of sp³-hybridized carbons (Fsp3) is 0.0952. The van der Waals surface area contributed by atoms with E-state index < -0.39 is 10.0 Å². The molecule has 2 aromatic carbocycles. The molecular weight excluding hydrogens is 454 g/mol. The fourth-order valence-electron chi connectivity index (χ4n) is 3.00. The van der Waals surface area contributed by atoms with Crippen LogP contribution in [-0.4, -0.2) is 24.9 Å². The number of nitrogens with one attached hydrogen (secondary N) is 1. The second-order valence-electron chi connectivity index (χ2n) is 6.53. The highest BCUT2D eigenvalue weighted by atomic mass is 79.9. The van der Waals surface area contributed by atoms with Crippen LogP contribution in [0.1, 0.15) is 5.56 Å². The molecule has 0 fully saturated rings. The van der Waals surface area contributed by atoms with E-state index in [0.29, 0.717) is 15.9 Å². The first-order valence-corrected chi connectivity index (χ1v) is 11.1. The summed E-state index contributed by atoms with van der Waals surface area (Å²) in [6.45, 7) is 1.87. The van der Waals surface area contributed by atoms with E-state index in [9.17, 15) is 8.42 Å². The third kappa shape index (κ3) is 3.86. The van der Waals surface area contributed by atoms with Gasteiger partial charge in [-0.1, -0.05) is 34.1 Å². The van der Waals surface area contributed by atoms with Crippen LogP contribution in [0.25, 0.3) is 16.9 Å². The van der Waals surface area contributed by atoms with E-state index in [-0.39, 0.29) is 4.90 Å². The second-order valence-corrected chi connectivity index (χ2v) is 9.03. The van der Waals surface area contributed by atoms with Crippen molar-refractivity contribution in [2.75, 3.05) is 11.8 Å². The third-order valence-electron chi connectivity index (χ3n) is 4.53. The van der Waals surface area contributed by atoms with Gasteiger partial charge in [-0.05, 0) is 48.9 Å². The molecule has 0 amide bonds. The zero-order chi connectivity index (χ0) is 20.6. The highest BCUT2D eigenvalue weighted by molar-refractivity contribution is 9.10. The maximum atomic E-state index is 12.9. The summed E-state index contributed by atoms with van der Waals surface area (Å²) in [4.78, 5) is 4.65. The molecule has 0 saturated carbocycles. The van der Waals surface area contributed by atoms with Crippen LogP contribution in [-0.2, 0) is 10.0 Å². The SMILES string of the molecule is COc1cc(C)c(Br)cc1S(=O)(=O)Nc1ccc(-c2cn3ccccc3n2)cc1. The average Bonchev–Trinajstić information content (AvgIpc) is 3.14. The van der Waals surface area contributed by atoms with Crippen LogP contribution in [0.3, 0.4) is 0 Å². The Morgan fingerprint density at radius 1 is 1.10 bits per heavy atom. The lowest BCUT2D eigenvalue weighted by Crippen LogP contribution is -2.14. The number of imidazole rings is 1. The highest BCUT2D eigenvalue weighted by Gasteiger charge is 2.21. The van der Waals surface area contributed by atoms with E-state index in [2.05, 4.69) is 25.6 Å². The number of rotatable bonds is 5. The number of ether oxygens (including phenoxy) is 1. The van der Waals surface area contributed by atoms with Gasteiger partial charge in [0.15, 0.2) is 0 Å². The summed E-state index contributed by atoms with van der Waals surface area (Å²) in [5, 5.41) is 0. The summed E-state index contributed by atoms with van der Waals surface area (Å²) in [5.41, 5.74) is 3.90. The quantitative estimate of drug-likeness (QED) is 0.450. The zero-order valence-electron chi connectivity index (χ0n) is 15.8. The molecule has 0 spiro atoms. The lowest BCUT2D eigenvalue weighted by atomic mass is 10.1. The van der Waals surface area contributed by atoms with Gasteiger partial charge >= 0.3 is 0 Å². The van der Waals surface area contributed by atoms with E-state index in [1.165, 1.54) is 7.11 Å². The fourth-order valence-corrected chi connectivity index (χ4v) is 4.73. The Hall–Kier alpha value is -2.84. The molecule has 6 nitrogen and oxygen atoms in total. The maximum absolute atomic E-state index is 12.9. The summed E-state index contributed by atoms with van der Waals surface area (Å²) in [5.74, 6) is 0.291. The number of benzene rings is 2. The van der Waals surface area contributed by atoms with E-state index in [1.54, 1.807) is 24.3 Å². The van der Waals surface area contributed by atoms with Crippen LogP contribution in [0.15, 0.2) is 76.4 Å². The van der Waals surface area contributed by atoms with Crippen molar-refractivity contribution in [1.29, 1.82) is 0 Å². The first-order valence-electron chi connectivity index (χ1n) is 8.78. The molecule has 0 saturated heterocycles. The molecule has 0 radical (unpaired) electrons. The van der Waals surface area contributed by atoms with Gasteiger partial charge in [-0.15, -0.1) is 0 Å². The molecule has 4 rings (SSSR count). The van der Waals surface area contributed by atoms with Crippen molar-refractivity contribution in [2.24, 2.45) is 0 Å². The molecule has 148 valence electrons. The molecular formula is C21H18BrN3O3S. The number of hydrogen-bond acceptors (Lipinski definition) is 4. The Balaban J connectivity index is 1.62. The van der Waals surface area contributed by atoms with Crippen LogP contribution in [0.4, 0.5) is 5.69 Å². The number of aromatic nitrogens is 2. The molecule has 0 aliphatic carbocycles. The van der Waals surface area contributed by atoms with Gasteiger partial charge in [0.1, 0.15) is 16.3 Å². The molecule has 2 aromatic heterocycles. The summed E-state index contributed by atoms with van der Waals surface area (Å²) >= 11 is 3.38. The monoisotopic (exact) mass is 471 g/mol. The van der Waals surface area contributed by atoms with Crippen molar-refractivity contribution in [3.63, 3.8) is 0 Å². The minimum absolute atomic E-state index is 0.0712. The van der Waals surface area contributed by atoms with Crippen LogP contribution >= 0.6 is 15.9 Å². The Morgan fingerprint density at radius 3 is 2.55 bits per heavy atom. The predicted octanol–water partition coefficient (Wildman–Crippen LogP) is 4.88. The first-order chi connectivity index (χ1) is 13.9. The third-order valence-corrected chi connectivity index (χ3v) is 6.79. The normalized spacial score (nSPS) is 11.6. The highest BCUT2D eigenvalue weighted by Crippen LogP contribution is 2.32. The van der Waals surface area contributed by atoms with E-state index >= 15 is 0 Å². The number of nitrogens with zero attached hydrogens (tertiary/aromatic N) is 2. The number of methoxy groups -OCH3 is 1. The minimum atomic E-state index is -3.82. The number of anilines is 1. The Bertz CT molecular complexity index is 1270. The van der Waals surface area contributed by atoms with Gasteiger partial charge in [0, 0.05) is 28.1 Å². The number of fused-ring (bicyclic) bond motifs is 1. The standard InChI is InChI=1S/C21H18BrN3O3S/c1-14-11-19(28-2)20(12-17(14)22)29(26,27)24-16-8-6-15(7-9-16)18-13-25-10-4-3-5-21(25)23-18/h3-13,24H,1-2H3. The van der Waals surface area contributed by atoms with E-state index in [4.69, 9.17) is 4.74 Å². The average molecular weight is 472 g/mol. The zero-order valence-corrected chi connectivity index (χ0v) is 18.2. The number of halogens is 1. The molecule has 29 heavy (non-hydrogen) atoms. The van der Waals surface area contributed by atoms with E-state index in [0.717, 1.165) is 22.5 Å². The van der Waals surface area contributed by atoms with Crippen molar-refractivity contribution in [2.45, 2.75) is 11.8 Å². The van der Waals surface area contributed by atoms with Crippen molar-refractivity contribution in [3.8, 4) is 17.0 Å². The molecule has 0 bridgehead atoms. The van der Waals surface area contributed by atoms with Gasteiger partial charge in [-0.2, -0.15) is 0 Å². The summed E-state index contributed by atoms with van der Waals surface area (Å²) in [6, 6.07) is 16.1. The Morgan fingerprint density at radius 2 is 1.86 bits per heavy atom. The molecule has 4 aromatic rings. The van der Waals surface area contributed by atoms with Crippen molar-refractivity contribution >= 4 is 37.3 Å². The minimum Gasteiger partial charge on any atom is -0.495 e. The van der Waals surface area contributed by atoms with E-state index in [1.807, 2.05) is 54.0 Å². The van der Waals surface area contributed by atoms with Crippen LogP contribution in [0.5, 0.6) is 5.75 Å². The summed E-state index contributed by atoms with van der Waals surface area (Å²) in [6.07, 6.45) is 3.87. The van der Waals surface area contributed by atoms with Gasteiger partial charge < -0.3 is 9.14 Å². The van der Waals surface area contributed by atoms with Crippen molar-refractivity contribution in [1.82, 2.24) is 9.38 Å². The molecule has 0 unspecified atom stereocenters. The van der Waals surface area contributed by atoms with Crippen LogP contribution in [0.2, 0.25) is 0 Å². The van der Waals surface area contributed by atoms with Crippen molar-refractivity contribution in [3.05, 3.63) is 77.0 Å². The van der Waals surface area contributed by atoms with Gasteiger partial charge in [0.2, 0.25) is 0 Å². The molecule has 0 aliphatic heterocycles. The molecule has 0 atom stereocenters. The Kier molecular flexibility index (Phi) is 5.06. The van der Waals surface area contributed by atoms with Crippen LogP contribution < -0.4 is 9.46 Å². The summed E-state index contributed by atoms with van der Waals surface area (Å²) < 4.78 is 36.3. The maximum Gasteiger partial charge on any atom is 0.265 e. The topological polar surface area (TPSA) is 72.7 Å². The van der Waals surface area contributed by atoms with Crippen LogP contribution in [0, 0.1) is 6.92 Å². The predicted molar refractivity (Wildman–Crippen MR) is 117 cm³/mol. The molecule has 8 heteroatoms. The summed E-state index contributed by atoms with van der Waals surface area (Å²) in [7, 11) is -2.37. The molecule has 2 heterocycles. The van der Waals surface area contributed by atoms with Gasteiger partial charge in [-0.25, -0.2) is 13.4 Å². The lowest BCUT2D eigenvalue weighted by molar-refractivity contribution is 0.402. The van der Waals surface area contributed by atoms with Crippen molar-refractivity contribution < 1.29 is 13.2 Å². The Labute approximate surface area is 177 Å². The number of aryl methyl sites for hydroxylation is 1. The van der Waals surface area contributed by atoms with Gasteiger partial charge in [-0.3, -0.25) is 4.72 Å². The largest absolute Gasteiger partial charge is 0.495 e. The smallest absolute Gasteiger partial charge is 0.265 e. The number of hydrogen-bond donors (Lipinski definition) is 1. The first kappa shape index (κ1) is 19.5. The number of sulfonamides is 1. The number of pyridine rings is 1. The lowest BCUT2D eigenvalue weighted by Gasteiger charge is -2.13. The molecule has 0 aliphatic rings.